The van der Waals surface area contributed by atoms with Gasteiger partial charge in [0, 0.05) is 0 Å². The summed E-state index contributed by atoms with van der Waals surface area (Å²) in [6.45, 7) is 5.71. The number of quaternary nitrogens is 1. The van der Waals surface area contributed by atoms with Crippen LogP contribution in [0.4, 0.5) is 4.79 Å². The third kappa shape index (κ3) is 1.06. The largest absolute Gasteiger partial charge is 0.523 e. The van der Waals surface area contributed by atoms with E-state index in [9.17, 15) is 4.79 Å². The van der Waals surface area contributed by atoms with Gasteiger partial charge in [-0.3, -0.25) is 0 Å². The van der Waals surface area contributed by atoms with Gasteiger partial charge in [-0.05, 0) is 32.9 Å². The van der Waals surface area contributed by atoms with E-state index < -0.39 is 6.09 Å². The predicted molar refractivity (Wildman–Crippen MR) is 46.3 cm³/mol. The molecule has 0 aliphatic carbocycles. The summed E-state index contributed by atoms with van der Waals surface area (Å²) in [6, 6.07) is 0. The van der Waals surface area contributed by atoms with Gasteiger partial charge < -0.3 is 5.11 Å². The minimum absolute atomic E-state index is 0.118. The summed E-state index contributed by atoms with van der Waals surface area (Å²) in [4.78, 5) is 11.0. The van der Waals surface area contributed by atoms with E-state index in [0.717, 1.165) is 0 Å². The first-order valence-corrected chi connectivity index (χ1v) is 3.89. The van der Waals surface area contributed by atoms with Crippen molar-refractivity contribution in [3.8, 4) is 0 Å². The molecular weight excluding hydrogens is 154 g/mol. The highest BCUT2D eigenvalue weighted by Gasteiger charge is 2.46. The van der Waals surface area contributed by atoms with Crippen molar-refractivity contribution in [3.63, 3.8) is 0 Å². The lowest BCUT2D eigenvalue weighted by molar-refractivity contribution is -0.802. The molecular formula is C9H14NO2+. The molecule has 1 aliphatic rings. The van der Waals surface area contributed by atoms with Gasteiger partial charge in [0.05, 0.1) is 0 Å². The Morgan fingerprint density at radius 1 is 1.25 bits per heavy atom. The molecule has 0 saturated carbocycles. The van der Waals surface area contributed by atoms with Crippen molar-refractivity contribution in [2.24, 2.45) is 0 Å². The zero-order valence-electron chi connectivity index (χ0n) is 7.61. The third-order valence-corrected chi connectivity index (χ3v) is 2.18. The van der Waals surface area contributed by atoms with E-state index >= 15 is 0 Å². The smallest absolute Gasteiger partial charge is 0.435 e. The van der Waals surface area contributed by atoms with E-state index in [4.69, 9.17) is 5.11 Å². The standard InChI is InChI=1S/C9H13NO2/c1-9(2,3)10(8(11)12)6-4-5-7-10/h4-7H,1-3H3/p+1. The van der Waals surface area contributed by atoms with Gasteiger partial charge in [-0.25, -0.2) is 0 Å². The van der Waals surface area contributed by atoms with Crippen LogP contribution in [0.1, 0.15) is 20.8 Å². The average molecular weight is 168 g/mol. The van der Waals surface area contributed by atoms with Crippen molar-refractivity contribution in [1.82, 2.24) is 0 Å². The highest BCUT2D eigenvalue weighted by atomic mass is 16.4. The Hall–Kier alpha value is -1.09. The van der Waals surface area contributed by atoms with Crippen LogP contribution in [0.5, 0.6) is 0 Å². The molecule has 0 atom stereocenters. The van der Waals surface area contributed by atoms with Crippen molar-refractivity contribution in [1.29, 1.82) is 0 Å². The van der Waals surface area contributed by atoms with E-state index in [2.05, 4.69) is 0 Å². The Balaban J connectivity index is 3.14. The Kier molecular flexibility index (Phi) is 1.84. The number of hydrogen-bond donors (Lipinski definition) is 1. The van der Waals surface area contributed by atoms with Crippen LogP contribution in [-0.4, -0.2) is 21.2 Å². The van der Waals surface area contributed by atoms with E-state index in [-0.39, 0.29) is 10.0 Å². The summed E-state index contributed by atoms with van der Waals surface area (Å²) in [5.74, 6) is 0. The number of nitrogens with zero attached hydrogens (tertiary/aromatic N) is 1. The van der Waals surface area contributed by atoms with Crippen molar-refractivity contribution < 1.29 is 14.4 Å². The third-order valence-electron chi connectivity index (χ3n) is 2.18. The Bertz CT molecular complexity index is 246. The first-order valence-electron chi connectivity index (χ1n) is 3.89. The quantitative estimate of drug-likeness (QED) is 0.563. The van der Waals surface area contributed by atoms with E-state index in [0.29, 0.717) is 0 Å². The molecule has 0 fully saturated rings. The van der Waals surface area contributed by atoms with Crippen LogP contribution in [0.3, 0.4) is 0 Å². The maximum atomic E-state index is 11.0. The molecule has 0 aromatic rings. The zero-order valence-corrected chi connectivity index (χ0v) is 7.61. The van der Waals surface area contributed by atoms with Gasteiger partial charge in [0.2, 0.25) is 0 Å². The molecule has 0 bridgehead atoms. The summed E-state index contributed by atoms with van der Waals surface area (Å²) in [5.41, 5.74) is -0.338. The van der Waals surface area contributed by atoms with Gasteiger partial charge in [-0.15, -0.1) is 0 Å². The van der Waals surface area contributed by atoms with E-state index in [1.165, 1.54) is 0 Å². The summed E-state index contributed by atoms with van der Waals surface area (Å²) in [7, 11) is 0. The maximum absolute atomic E-state index is 11.0. The molecule has 66 valence electrons. The minimum Gasteiger partial charge on any atom is -0.435 e. The molecule has 3 nitrogen and oxygen atoms in total. The van der Waals surface area contributed by atoms with Gasteiger partial charge in [0.25, 0.3) is 0 Å². The molecule has 1 amide bonds. The summed E-state index contributed by atoms with van der Waals surface area (Å²) < 4.78 is -0.118. The van der Waals surface area contributed by atoms with Gasteiger partial charge in [0.1, 0.15) is 17.9 Å². The topological polar surface area (TPSA) is 37.3 Å². The second-order valence-corrected chi connectivity index (χ2v) is 3.91. The van der Waals surface area contributed by atoms with Crippen LogP contribution < -0.4 is 0 Å². The molecule has 12 heavy (non-hydrogen) atoms. The van der Waals surface area contributed by atoms with Gasteiger partial charge in [-0.2, -0.15) is 9.28 Å². The molecule has 0 spiro atoms. The van der Waals surface area contributed by atoms with Crippen molar-refractivity contribution in [2.75, 3.05) is 0 Å². The van der Waals surface area contributed by atoms with E-state index in [1.54, 1.807) is 24.6 Å². The first kappa shape index (κ1) is 9.00. The fourth-order valence-electron chi connectivity index (χ4n) is 1.28. The SMILES string of the molecule is CC(C)(C)[N+]1(C(=O)O)C=CC=C1. The molecule has 1 aliphatic heterocycles. The molecule has 0 aromatic heterocycles. The summed E-state index contributed by atoms with van der Waals surface area (Å²) in [5, 5.41) is 9.07. The number of rotatable bonds is 0. The van der Waals surface area contributed by atoms with Crippen LogP contribution in [0.2, 0.25) is 0 Å². The summed E-state index contributed by atoms with van der Waals surface area (Å²) in [6.07, 6.45) is 6.05. The average Bonchev–Trinajstić information content (AvgIpc) is 2.31. The number of allylic oxidation sites excluding steroid dienone is 2. The van der Waals surface area contributed by atoms with E-state index in [1.807, 2.05) is 20.8 Å². The number of hydrogen-bond acceptors (Lipinski definition) is 1. The Morgan fingerprint density at radius 3 is 1.83 bits per heavy atom. The fourth-order valence-corrected chi connectivity index (χ4v) is 1.28. The van der Waals surface area contributed by atoms with Gasteiger partial charge in [-0.1, -0.05) is 0 Å². The predicted octanol–water partition coefficient (Wildman–Crippen LogP) is 2.32. The molecule has 0 unspecified atom stereocenters. The first-order chi connectivity index (χ1) is 5.40. The molecule has 3 heteroatoms. The lowest BCUT2D eigenvalue weighted by atomic mass is 10.0. The van der Waals surface area contributed by atoms with Crippen LogP contribution in [-0.2, 0) is 0 Å². The van der Waals surface area contributed by atoms with Crippen LogP contribution >= 0.6 is 0 Å². The summed E-state index contributed by atoms with van der Waals surface area (Å²) >= 11 is 0. The maximum Gasteiger partial charge on any atom is 0.523 e. The van der Waals surface area contributed by atoms with Gasteiger partial charge in [0.15, 0.2) is 0 Å². The van der Waals surface area contributed by atoms with Crippen LogP contribution in [0.25, 0.3) is 0 Å². The van der Waals surface area contributed by atoms with Crippen molar-refractivity contribution >= 4 is 6.09 Å². The molecule has 0 saturated heterocycles. The van der Waals surface area contributed by atoms with Crippen LogP contribution in [0.15, 0.2) is 24.6 Å². The molecule has 0 aromatic carbocycles. The Labute approximate surface area is 72.2 Å². The second kappa shape index (κ2) is 2.45. The molecule has 1 rings (SSSR count). The fraction of sp³-hybridized carbons (Fsp3) is 0.444. The van der Waals surface area contributed by atoms with Crippen LogP contribution in [0, 0.1) is 0 Å². The number of carbonyl (C=O) groups is 1. The minimum atomic E-state index is -0.840. The lowest BCUT2D eigenvalue weighted by Gasteiger charge is -2.35. The molecule has 1 N–H and O–H groups in total. The normalized spacial score (nSPS) is 19.9. The second-order valence-electron chi connectivity index (χ2n) is 3.91. The van der Waals surface area contributed by atoms with Crippen molar-refractivity contribution in [3.05, 3.63) is 24.6 Å². The number of amides is 1. The molecule has 1 heterocycles. The Morgan fingerprint density at radius 2 is 1.67 bits per heavy atom. The van der Waals surface area contributed by atoms with Gasteiger partial charge >= 0.3 is 6.09 Å². The highest BCUT2D eigenvalue weighted by molar-refractivity contribution is 5.60. The highest BCUT2D eigenvalue weighted by Crippen LogP contribution is 2.29. The lowest BCUT2D eigenvalue weighted by Crippen LogP contribution is -2.54. The molecule has 0 radical (unpaired) electrons. The zero-order chi connectivity index (χ0) is 9.41. The number of carboxylic acid groups (broad SMARTS) is 1. The monoisotopic (exact) mass is 168 g/mol. The van der Waals surface area contributed by atoms with Crippen molar-refractivity contribution in [2.45, 2.75) is 26.3 Å².